The van der Waals surface area contributed by atoms with Crippen LogP contribution in [0.4, 0.5) is 0 Å². The molecule has 0 unspecified atom stereocenters. The molecule has 0 aliphatic carbocycles. The van der Waals surface area contributed by atoms with E-state index in [4.69, 9.17) is 28.4 Å². The van der Waals surface area contributed by atoms with Crippen LogP contribution < -0.4 is 28.4 Å². The van der Waals surface area contributed by atoms with Crippen LogP contribution in [-0.4, -0.2) is 42.7 Å². The van der Waals surface area contributed by atoms with Crippen molar-refractivity contribution in [1.29, 1.82) is 0 Å². The van der Waals surface area contributed by atoms with Crippen LogP contribution in [0.1, 0.15) is 94.5 Å². The number of rotatable bonds is 18. The number of benzene rings is 12. The lowest BCUT2D eigenvalue weighted by Gasteiger charge is -2.32. The van der Waals surface area contributed by atoms with Crippen molar-refractivity contribution >= 4 is 0 Å². The zero-order chi connectivity index (χ0) is 64.8. The van der Waals surface area contributed by atoms with Crippen LogP contribution in [-0.2, 0) is 21.7 Å². The molecule has 6 nitrogen and oxygen atoms in total. The molecule has 0 atom stereocenters. The van der Waals surface area contributed by atoms with E-state index in [0.717, 1.165) is 34.5 Å². The summed E-state index contributed by atoms with van der Waals surface area (Å²) < 4.78 is 31.9. The highest BCUT2D eigenvalue weighted by Crippen LogP contribution is 2.44. The van der Waals surface area contributed by atoms with Gasteiger partial charge < -0.3 is 28.4 Å². The number of ether oxygens (including phenoxy) is 6. The van der Waals surface area contributed by atoms with Crippen LogP contribution in [0, 0.1) is 0 Å². The van der Waals surface area contributed by atoms with Crippen molar-refractivity contribution in [3.05, 3.63) is 394 Å². The van der Waals surface area contributed by atoms with E-state index >= 15 is 0 Å². The minimum absolute atomic E-state index is 0.121. The maximum absolute atomic E-state index is 5.32. The molecule has 0 fully saturated rings. The highest BCUT2D eigenvalue weighted by molar-refractivity contribution is 5.55. The maximum Gasteiger partial charge on any atom is 0.118 e. The van der Waals surface area contributed by atoms with Gasteiger partial charge in [-0.15, -0.1) is 0 Å². The summed E-state index contributed by atoms with van der Waals surface area (Å²) in [6.45, 7) is 9.07. The van der Waals surface area contributed by atoms with Gasteiger partial charge in [0.25, 0.3) is 0 Å². The summed E-state index contributed by atoms with van der Waals surface area (Å²) in [5.41, 5.74) is 14.2. The van der Waals surface area contributed by atoms with Gasteiger partial charge in [-0.05, 0) is 167 Å². The molecule has 0 amide bonds. The van der Waals surface area contributed by atoms with Gasteiger partial charge in [0.15, 0.2) is 0 Å². The maximum atomic E-state index is 5.32. The Balaban J connectivity index is 0.000000146. The Bertz CT molecular complexity index is 3770. The van der Waals surface area contributed by atoms with Crippen LogP contribution in [0.5, 0.6) is 34.5 Å². The Kier molecular flexibility index (Phi) is 22.4. The van der Waals surface area contributed by atoms with Crippen molar-refractivity contribution in [2.45, 2.75) is 49.4 Å². The van der Waals surface area contributed by atoms with Gasteiger partial charge in [0, 0.05) is 21.7 Å². The molecule has 0 heterocycles. The van der Waals surface area contributed by atoms with Crippen LogP contribution in [0.25, 0.3) is 0 Å². The van der Waals surface area contributed by atoms with E-state index in [1.165, 1.54) is 66.8 Å². The van der Waals surface area contributed by atoms with Crippen LogP contribution in [0.2, 0.25) is 0 Å². The minimum Gasteiger partial charge on any atom is -0.497 e. The van der Waals surface area contributed by atoms with E-state index < -0.39 is 0 Å². The SMILES string of the molecule is CC(c1ccccc1)(c1ccccc1)c1ccccc1.COc1ccc(C(C)(c2ccc(OC)cc2)c2ccc(OC)cc2)cc1.COc1ccc(C(C)(c2ccccc2)c2ccc(OC)cc2)cc1.COc1ccc(C(C)(c2ccccc2)c2ccccc2)cc1. The number of hydrogen-bond acceptors (Lipinski definition) is 6. The van der Waals surface area contributed by atoms with E-state index in [1.807, 2.05) is 78.9 Å². The molecule has 12 aromatic rings. The molecule has 0 saturated heterocycles. The van der Waals surface area contributed by atoms with Crippen LogP contribution in [0.3, 0.4) is 0 Å². The molecule has 6 heteroatoms. The molecular formula is C86H84O6. The zero-order valence-corrected chi connectivity index (χ0v) is 54.6. The molecule has 92 heavy (non-hydrogen) atoms. The normalized spacial score (nSPS) is 11.2. The highest BCUT2D eigenvalue weighted by Gasteiger charge is 2.34. The van der Waals surface area contributed by atoms with E-state index in [0.29, 0.717) is 0 Å². The Labute approximate surface area is 546 Å². The Morgan fingerprint density at radius 1 is 0.141 bits per heavy atom. The standard InChI is InChI=1S/C23H24O3.C22H22O2.C21H20O.C20H18/c1-23(17-5-11-20(24-2)12-6-17,18-7-13-21(25-3)14-8-18)19-9-15-22(26-4)16-10-19;1-22(17-7-5-4-6-8-17,18-9-13-20(23-2)14-10-18)19-11-15-21(24-3)16-12-19;1-21(17-9-5-3-6-10-17,18-11-7-4-8-12-18)19-13-15-20(22-2)16-14-19;1-20(17-11-5-2-6-12-17,18-13-7-3-8-14-18)19-15-9-4-10-16-19/h5-16H,1-4H3;4-16H,1-3H3;3-16H,1-2H3;2-16H,1H3. The quantitative estimate of drug-likeness (QED) is 0.0798. The van der Waals surface area contributed by atoms with E-state index in [9.17, 15) is 0 Å². The van der Waals surface area contributed by atoms with Crippen molar-refractivity contribution in [1.82, 2.24) is 0 Å². The topological polar surface area (TPSA) is 55.4 Å². The number of methoxy groups -OCH3 is 6. The first-order chi connectivity index (χ1) is 44.9. The Morgan fingerprint density at radius 3 is 0.337 bits per heavy atom. The molecule has 464 valence electrons. The molecule has 0 aliphatic rings. The second-order valence-corrected chi connectivity index (χ2v) is 23.1. The molecule has 0 aromatic heterocycles. The van der Waals surface area contributed by atoms with E-state index in [2.05, 4.69) is 276 Å². The molecule has 0 spiro atoms. The number of hydrogen-bond donors (Lipinski definition) is 0. The lowest BCUT2D eigenvalue weighted by Crippen LogP contribution is -2.25. The predicted octanol–water partition coefficient (Wildman–Crippen LogP) is 20.2. The van der Waals surface area contributed by atoms with Gasteiger partial charge in [-0.25, -0.2) is 0 Å². The monoisotopic (exact) mass is 1210 g/mol. The molecule has 0 aliphatic heterocycles. The first-order valence-corrected chi connectivity index (χ1v) is 31.1. The fourth-order valence-corrected chi connectivity index (χ4v) is 12.2. The lowest BCUT2D eigenvalue weighted by atomic mass is 9.71. The Morgan fingerprint density at radius 2 is 0.239 bits per heavy atom. The first kappa shape index (κ1) is 65.9. The summed E-state index contributed by atoms with van der Waals surface area (Å²) in [4.78, 5) is 0. The second kappa shape index (κ2) is 31.3. The summed E-state index contributed by atoms with van der Waals surface area (Å²) in [5, 5.41) is 0. The largest absolute Gasteiger partial charge is 0.497 e. The van der Waals surface area contributed by atoms with Gasteiger partial charge in [0.2, 0.25) is 0 Å². The second-order valence-electron chi connectivity index (χ2n) is 23.1. The van der Waals surface area contributed by atoms with Gasteiger partial charge >= 0.3 is 0 Å². The predicted molar refractivity (Wildman–Crippen MR) is 379 cm³/mol. The van der Waals surface area contributed by atoms with Gasteiger partial charge in [-0.1, -0.05) is 255 Å². The average Bonchev–Trinajstić information content (AvgIpc) is 0.862. The smallest absolute Gasteiger partial charge is 0.118 e. The molecule has 0 N–H and O–H groups in total. The van der Waals surface area contributed by atoms with Crippen molar-refractivity contribution < 1.29 is 28.4 Å². The fourth-order valence-electron chi connectivity index (χ4n) is 12.2. The summed E-state index contributed by atoms with van der Waals surface area (Å²) in [6, 6.07) is 114. The van der Waals surface area contributed by atoms with Crippen LogP contribution >= 0.6 is 0 Å². The third kappa shape index (κ3) is 14.8. The lowest BCUT2D eigenvalue weighted by molar-refractivity contribution is 0.413. The molecule has 12 aromatic carbocycles. The summed E-state index contributed by atoms with van der Waals surface area (Å²) in [7, 11) is 10.1. The summed E-state index contributed by atoms with van der Waals surface area (Å²) in [5.74, 6) is 5.15. The van der Waals surface area contributed by atoms with Gasteiger partial charge in [0.05, 0.1) is 42.7 Å². The average molecular weight is 1210 g/mol. The van der Waals surface area contributed by atoms with Gasteiger partial charge in [-0.2, -0.15) is 0 Å². The Hall–Kier alpha value is -10.6. The van der Waals surface area contributed by atoms with E-state index in [-0.39, 0.29) is 21.7 Å². The van der Waals surface area contributed by atoms with Crippen molar-refractivity contribution in [2.75, 3.05) is 42.7 Å². The molecule has 0 saturated carbocycles. The van der Waals surface area contributed by atoms with Gasteiger partial charge in [0.1, 0.15) is 34.5 Å². The zero-order valence-electron chi connectivity index (χ0n) is 54.6. The molecule has 0 bridgehead atoms. The fraction of sp³-hybridized carbons (Fsp3) is 0.163. The first-order valence-electron chi connectivity index (χ1n) is 31.1. The third-order valence-corrected chi connectivity index (χ3v) is 18.1. The summed E-state index contributed by atoms with van der Waals surface area (Å²) in [6.07, 6.45) is 0. The molecule has 0 radical (unpaired) electrons. The van der Waals surface area contributed by atoms with E-state index in [1.54, 1.807) is 42.7 Å². The third-order valence-electron chi connectivity index (χ3n) is 18.1. The minimum atomic E-state index is -0.315. The van der Waals surface area contributed by atoms with Crippen molar-refractivity contribution in [2.24, 2.45) is 0 Å². The molecular weight excluding hydrogens is 1130 g/mol. The van der Waals surface area contributed by atoms with Crippen molar-refractivity contribution in [3.63, 3.8) is 0 Å². The van der Waals surface area contributed by atoms with Gasteiger partial charge in [-0.3, -0.25) is 0 Å². The molecule has 12 rings (SSSR count). The highest BCUT2D eigenvalue weighted by atomic mass is 16.5. The van der Waals surface area contributed by atoms with Crippen LogP contribution in [0.15, 0.2) is 328 Å². The van der Waals surface area contributed by atoms with Crippen molar-refractivity contribution in [3.8, 4) is 34.5 Å². The summed E-state index contributed by atoms with van der Waals surface area (Å²) >= 11 is 0.